The first kappa shape index (κ1) is 24.5. The standard InChI is InChI=1S/C22H20N4O7S/c1-15-20(13-18(25(28)29)14-21(15)26(30)31)22(27)24-17-7-9-19(10-8-17)34(32,33)23-12-11-16-5-3-2-4-6-16/h2-10,13-14,23H,11-12H2,1H3,(H,24,27). The van der Waals surface area contributed by atoms with Crippen molar-refractivity contribution < 1.29 is 23.1 Å². The van der Waals surface area contributed by atoms with Gasteiger partial charge in [0.25, 0.3) is 17.3 Å². The fourth-order valence-electron chi connectivity index (χ4n) is 3.19. The first-order valence-electron chi connectivity index (χ1n) is 9.97. The Morgan fingerprint density at radius 1 is 0.941 bits per heavy atom. The molecule has 0 aliphatic rings. The van der Waals surface area contributed by atoms with Crippen LogP contribution in [-0.2, 0) is 16.4 Å². The number of carbonyl (C=O) groups excluding carboxylic acids is 1. The van der Waals surface area contributed by atoms with E-state index in [4.69, 9.17) is 0 Å². The maximum Gasteiger partial charge on any atom is 0.279 e. The molecule has 11 nitrogen and oxygen atoms in total. The molecule has 3 aromatic rings. The molecule has 0 radical (unpaired) electrons. The molecule has 0 aliphatic carbocycles. The Morgan fingerprint density at radius 3 is 2.18 bits per heavy atom. The Balaban J connectivity index is 1.72. The summed E-state index contributed by atoms with van der Waals surface area (Å²) in [5.41, 5.74) is -0.218. The number of hydrogen-bond donors (Lipinski definition) is 2. The quantitative estimate of drug-likeness (QED) is 0.346. The van der Waals surface area contributed by atoms with Crippen LogP contribution in [0, 0.1) is 27.2 Å². The van der Waals surface area contributed by atoms with Crippen LogP contribution in [0.1, 0.15) is 21.5 Å². The van der Waals surface area contributed by atoms with Crippen LogP contribution in [-0.4, -0.2) is 30.7 Å². The summed E-state index contributed by atoms with van der Waals surface area (Å²) in [4.78, 5) is 33.3. The monoisotopic (exact) mass is 484 g/mol. The van der Waals surface area contributed by atoms with Crippen molar-refractivity contribution in [3.05, 3.63) is 104 Å². The van der Waals surface area contributed by atoms with E-state index in [0.29, 0.717) is 6.42 Å². The fourth-order valence-corrected chi connectivity index (χ4v) is 4.22. The third-order valence-electron chi connectivity index (χ3n) is 4.99. The molecule has 0 bridgehead atoms. The van der Waals surface area contributed by atoms with Gasteiger partial charge in [-0.25, -0.2) is 13.1 Å². The van der Waals surface area contributed by atoms with Crippen LogP contribution >= 0.6 is 0 Å². The zero-order valence-corrected chi connectivity index (χ0v) is 18.7. The zero-order valence-electron chi connectivity index (χ0n) is 17.9. The van der Waals surface area contributed by atoms with Crippen LogP contribution in [0.2, 0.25) is 0 Å². The molecule has 0 heterocycles. The zero-order chi connectivity index (χ0) is 24.9. The highest BCUT2D eigenvalue weighted by atomic mass is 32.2. The molecule has 3 rings (SSSR count). The second-order valence-electron chi connectivity index (χ2n) is 7.26. The summed E-state index contributed by atoms with van der Waals surface area (Å²) in [6.45, 7) is 1.52. The lowest BCUT2D eigenvalue weighted by Crippen LogP contribution is -2.26. The number of anilines is 1. The van der Waals surface area contributed by atoms with Gasteiger partial charge in [-0.1, -0.05) is 30.3 Å². The van der Waals surface area contributed by atoms with E-state index in [-0.39, 0.29) is 28.3 Å². The van der Waals surface area contributed by atoms with Gasteiger partial charge in [-0.2, -0.15) is 0 Å². The number of nitrogens with one attached hydrogen (secondary N) is 2. The summed E-state index contributed by atoms with van der Waals surface area (Å²) >= 11 is 0. The molecular formula is C22H20N4O7S. The minimum atomic E-state index is -3.78. The highest BCUT2D eigenvalue weighted by Crippen LogP contribution is 2.28. The lowest BCUT2D eigenvalue weighted by atomic mass is 10.0. The van der Waals surface area contributed by atoms with Gasteiger partial charge in [0.2, 0.25) is 10.0 Å². The topological polar surface area (TPSA) is 162 Å². The van der Waals surface area contributed by atoms with Gasteiger partial charge in [0.15, 0.2) is 0 Å². The van der Waals surface area contributed by atoms with Crippen LogP contribution in [0.5, 0.6) is 0 Å². The number of nitro groups is 2. The molecular weight excluding hydrogens is 464 g/mol. The van der Waals surface area contributed by atoms with Gasteiger partial charge in [-0.3, -0.25) is 25.0 Å². The van der Waals surface area contributed by atoms with Crippen molar-refractivity contribution in [3.8, 4) is 0 Å². The minimum absolute atomic E-state index is 0.0132. The number of rotatable bonds is 9. The van der Waals surface area contributed by atoms with E-state index in [0.717, 1.165) is 17.7 Å². The summed E-state index contributed by atoms with van der Waals surface area (Å²) in [5, 5.41) is 24.8. The van der Waals surface area contributed by atoms with Crippen molar-refractivity contribution in [1.82, 2.24) is 4.72 Å². The predicted molar refractivity (Wildman–Crippen MR) is 124 cm³/mol. The Kier molecular flexibility index (Phi) is 7.34. The number of benzene rings is 3. The number of amides is 1. The van der Waals surface area contributed by atoms with E-state index >= 15 is 0 Å². The molecule has 1 amide bonds. The van der Waals surface area contributed by atoms with Gasteiger partial charge in [-0.15, -0.1) is 0 Å². The number of hydrogen-bond acceptors (Lipinski definition) is 7. The van der Waals surface area contributed by atoms with Crippen molar-refractivity contribution in [2.75, 3.05) is 11.9 Å². The predicted octanol–water partition coefficient (Wildman–Crippen LogP) is 3.58. The molecule has 176 valence electrons. The third-order valence-corrected chi connectivity index (χ3v) is 6.47. The van der Waals surface area contributed by atoms with E-state index in [2.05, 4.69) is 10.0 Å². The lowest BCUT2D eigenvalue weighted by Gasteiger charge is -2.10. The smallest absolute Gasteiger partial charge is 0.279 e. The van der Waals surface area contributed by atoms with Crippen molar-refractivity contribution in [1.29, 1.82) is 0 Å². The highest BCUT2D eigenvalue weighted by Gasteiger charge is 2.25. The third kappa shape index (κ3) is 5.79. The molecule has 12 heteroatoms. The summed E-state index contributed by atoms with van der Waals surface area (Å²) < 4.78 is 27.5. The number of nitro benzene ring substituents is 2. The molecule has 34 heavy (non-hydrogen) atoms. The van der Waals surface area contributed by atoms with Crippen LogP contribution in [0.3, 0.4) is 0 Å². The lowest BCUT2D eigenvalue weighted by molar-refractivity contribution is -0.394. The second-order valence-corrected chi connectivity index (χ2v) is 9.03. The average Bonchev–Trinajstić information content (AvgIpc) is 2.79. The van der Waals surface area contributed by atoms with Gasteiger partial charge in [0.05, 0.1) is 26.4 Å². The molecule has 0 unspecified atom stereocenters. The minimum Gasteiger partial charge on any atom is -0.322 e. The van der Waals surface area contributed by atoms with E-state index in [9.17, 15) is 33.4 Å². The van der Waals surface area contributed by atoms with Gasteiger partial charge in [0.1, 0.15) is 0 Å². The largest absolute Gasteiger partial charge is 0.322 e. The Labute approximate surface area is 194 Å². The van der Waals surface area contributed by atoms with Crippen LogP contribution in [0.25, 0.3) is 0 Å². The first-order valence-corrected chi connectivity index (χ1v) is 11.5. The summed E-state index contributed by atoms with van der Waals surface area (Å²) in [5.74, 6) is -0.805. The van der Waals surface area contributed by atoms with Crippen LogP contribution in [0.4, 0.5) is 17.1 Å². The molecule has 0 fully saturated rings. The number of non-ortho nitro benzene ring substituents is 1. The SMILES string of the molecule is Cc1c(C(=O)Nc2ccc(S(=O)(=O)NCCc3ccccc3)cc2)cc([N+](=O)[O-])cc1[N+](=O)[O-]. The first-order chi connectivity index (χ1) is 16.1. The Morgan fingerprint density at radius 2 is 1.59 bits per heavy atom. The molecule has 0 atom stereocenters. The molecule has 0 saturated heterocycles. The van der Waals surface area contributed by atoms with Crippen molar-refractivity contribution in [3.63, 3.8) is 0 Å². The second kappa shape index (κ2) is 10.2. The number of carbonyl (C=O) groups is 1. The van der Waals surface area contributed by atoms with Crippen LogP contribution < -0.4 is 10.0 Å². The maximum absolute atomic E-state index is 12.7. The van der Waals surface area contributed by atoms with E-state index in [1.54, 1.807) is 0 Å². The van der Waals surface area contributed by atoms with Crippen molar-refractivity contribution >= 4 is 33.0 Å². The average molecular weight is 484 g/mol. The van der Waals surface area contributed by atoms with Gasteiger partial charge >= 0.3 is 0 Å². The summed E-state index contributed by atoms with van der Waals surface area (Å²) in [7, 11) is -3.78. The number of sulfonamides is 1. The van der Waals surface area contributed by atoms with E-state index < -0.39 is 37.2 Å². The van der Waals surface area contributed by atoms with E-state index in [1.165, 1.54) is 31.2 Å². The summed E-state index contributed by atoms with van der Waals surface area (Å²) in [6.07, 6.45) is 0.517. The van der Waals surface area contributed by atoms with Gasteiger partial charge < -0.3 is 5.32 Å². The van der Waals surface area contributed by atoms with Crippen molar-refractivity contribution in [2.24, 2.45) is 0 Å². The maximum atomic E-state index is 12.7. The molecule has 0 spiro atoms. The normalized spacial score (nSPS) is 11.1. The summed E-state index contributed by atoms with van der Waals surface area (Å²) in [6, 6.07) is 16.4. The molecule has 0 aliphatic heterocycles. The van der Waals surface area contributed by atoms with Gasteiger partial charge in [-0.05, 0) is 43.2 Å². The molecule has 0 aromatic heterocycles. The Bertz CT molecular complexity index is 1340. The molecule has 3 aromatic carbocycles. The molecule has 0 saturated carbocycles. The Hall–Kier alpha value is -4.16. The number of nitrogens with zero attached hydrogens (tertiary/aromatic N) is 2. The van der Waals surface area contributed by atoms with Crippen LogP contribution in [0.15, 0.2) is 71.6 Å². The highest BCUT2D eigenvalue weighted by molar-refractivity contribution is 7.89. The van der Waals surface area contributed by atoms with Gasteiger partial charge in [0, 0.05) is 23.9 Å². The molecule has 2 N–H and O–H groups in total. The van der Waals surface area contributed by atoms with Crippen molar-refractivity contribution in [2.45, 2.75) is 18.2 Å². The fraction of sp³-hybridized carbons (Fsp3) is 0.136. The van der Waals surface area contributed by atoms with E-state index in [1.807, 2.05) is 30.3 Å².